The Labute approximate surface area is 113 Å². The van der Waals surface area contributed by atoms with Gasteiger partial charge in [-0.25, -0.2) is 9.67 Å². The Bertz CT molecular complexity index is 524. The maximum absolute atomic E-state index is 5.24. The van der Waals surface area contributed by atoms with Crippen molar-refractivity contribution in [3.63, 3.8) is 0 Å². The summed E-state index contributed by atoms with van der Waals surface area (Å²) in [6.45, 7) is 5.72. The molecule has 1 N–H and O–H groups in total. The van der Waals surface area contributed by atoms with Crippen LogP contribution in [0.5, 0.6) is 5.75 Å². The summed E-state index contributed by atoms with van der Waals surface area (Å²) in [5.41, 5.74) is 1.20. The summed E-state index contributed by atoms with van der Waals surface area (Å²) in [7, 11) is 1.68. The first-order chi connectivity index (χ1) is 9.24. The minimum atomic E-state index is 0.233. The molecule has 1 aromatic heterocycles. The SMILES string of the molecule is CCn1ncnc1CN[C@H](C)c1cccc(OC)c1. The zero-order chi connectivity index (χ0) is 13.7. The van der Waals surface area contributed by atoms with E-state index < -0.39 is 0 Å². The van der Waals surface area contributed by atoms with Gasteiger partial charge in [-0.2, -0.15) is 5.10 Å². The lowest BCUT2D eigenvalue weighted by Crippen LogP contribution is -2.21. The summed E-state index contributed by atoms with van der Waals surface area (Å²) < 4.78 is 7.13. The molecule has 0 spiro atoms. The first kappa shape index (κ1) is 13.5. The Morgan fingerprint density at radius 3 is 3.00 bits per heavy atom. The van der Waals surface area contributed by atoms with E-state index in [2.05, 4.69) is 35.3 Å². The van der Waals surface area contributed by atoms with Crippen LogP contribution in [0.2, 0.25) is 0 Å². The molecule has 1 aromatic carbocycles. The van der Waals surface area contributed by atoms with Gasteiger partial charge in [-0.3, -0.25) is 0 Å². The highest BCUT2D eigenvalue weighted by molar-refractivity contribution is 5.30. The molecule has 1 atom stereocenters. The van der Waals surface area contributed by atoms with E-state index in [1.807, 2.05) is 22.9 Å². The standard InChI is InChI=1S/C14H20N4O/c1-4-18-14(16-10-17-18)9-15-11(2)12-6-5-7-13(8-12)19-3/h5-8,10-11,15H,4,9H2,1-3H3/t11-/m1/s1. The summed E-state index contributed by atoms with van der Waals surface area (Å²) in [6.07, 6.45) is 1.59. The van der Waals surface area contributed by atoms with Gasteiger partial charge in [0.1, 0.15) is 17.9 Å². The van der Waals surface area contributed by atoms with Crippen molar-refractivity contribution in [2.45, 2.75) is 33.0 Å². The molecule has 102 valence electrons. The van der Waals surface area contributed by atoms with Crippen LogP contribution in [0.3, 0.4) is 0 Å². The Balaban J connectivity index is 1.99. The largest absolute Gasteiger partial charge is 0.497 e. The topological polar surface area (TPSA) is 52.0 Å². The van der Waals surface area contributed by atoms with Gasteiger partial charge in [0.05, 0.1) is 13.7 Å². The van der Waals surface area contributed by atoms with E-state index in [0.29, 0.717) is 6.54 Å². The van der Waals surface area contributed by atoms with Crippen LogP contribution in [0.25, 0.3) is 0 Å². The molecule has 0 radical (unpaired) electrons. The molecule has 0 saturated carbocycles. The Kier molecular flexibility index (Phi) is 4.52. The zero-order valence-electron chi connectivity index (χ0n) is 11.6. The van der Waals surface area contributed by atoms with Crippen LogP contribution >= 0.6 is 0 Å². The minimum Gasteiger partial charge on any atom is -0.497 e. The molecule has 1 heterocycles. The third kappa shape index (κ3) is 3.32. The van der Waals surface area contributed by atoms with Crippen LogP contribution in [-0.4, -0.2) is 21.9 Å². The predicted octanol–water partition coefficient (Wildman–Crippen LogP) is 2.16. The van der Waals surface area contributed by atoms with E-state index in [0.717, 1.165) is 18.1 Å². The monoisotopic (exact) mass is 260 g/mol. The van der Waals surface area contributed by atoms with Gasteiger partial charge in [-0.1, -0.05) is 12.1 Å². The first-order valence-corrected chi connectivity index (χ1v) is 6.48. The Hall–Kier alpha value is -1.88. The summed E-state index contributed by atoms with van der Waals surface area (Å²) in [5.74, 6) is 1.83. The van der Waals surface area contributed by atoms with Gasteiger partial charge < -0.3 is 10.1 Å². The third-order valence-corrected chi connectivity index (χ3v) is 3.16. The summed E-state index contributed by atoms with van der Waals surface area (Å²) in [5, 5.41) is 7.61. The number of nitrogens with zero attached hydrogens (tertiary/aromatic N) is 3. The molecule has 5 nitrogen and oxygen atoms in total. The average Bonchev–Trinajstić information content (AvgIpc) is 2.92. The van der Waals surface area contributed by atoms with Gasteiger partial charge >= 0.3 is 0 Å². The summed E-state index contributed by atoms with van der Waals surface area (Å²) in [6, 6.07) is 8.31. The molecular formula is C14H20N4O. The number of methoxy groups -OCH3 is 1. The van der Waals surface area contributed by atoms with Crippen LogP contribution in [-0.2, 0) is 13.1 Å². The highest BCUT2D eigenvalue weighted by Gasteiger charge is 2.08. The van der Waals surface area contributed by atoms with Gasteiger partial charge in [0, 0.05) is 12.6 Å². The second kappa shape index (κ2) is 6.33. The van der Waals surface area contributed by atoms with Crippen molar-refractivity contribution in [1.82, 2.24) is 20.1 Å². The summed E-state index contributed by atoms with van der Waals surface area (Å²) in [4.78, 5) is 4.25. The van der Waals surface area contributed by atoms with Crippen LogP contribution in [0, 0.1) is 0 Å². The molecule has 5 heteroatoms. The molecule has 2 rings (SSSR count). The van der Waals surface area contributed by atoms with Crippen LogP contribution in [0.1, 0.15) is 31.3 Å². The fourth-order valence-electron chi connectivity index (χ4n) is 1.96. The maximum Gasteiger partial charge on any atom is 0.140 e. The predicted molar refractivity (Wildman–Crippen MR) is 73.9 cm³/mol. The third-order valence-electron chi connectivity index (χ3n) is 3.16. The molecule has 0 unspecified atom stereocenters. The smallest absolute Gasteiger partial charge is 0.140 e. The van der Waals surface area contributed by atoms with Crippen LogP contribution < -0.4 is 10.1 Å². The van der Waals surface area contributed by atoms with E-state index in [9.17, 15) is 0 Å². The second-order valence-corrected chi connectivity index (χ2v) is 4.37. The molecule has 19 heavy (non-hydrogen) atoms. The van der Waals surface area contributed by atoms with Crippen molar-refractivity contribution in [3.05, 3.63) is 42.0 Å². The lowest BCUT2D eigenvalue weighted by atomic mass is 10.1. The molecule has 0 aliphatic rings. The van der Waals surface area contributed by atoms with E-state index >= 15 is 0 Å². The normalized spacial score (nSPS) is 12.4. The minimum absolute atomic E-state index is 0.233. The van der Waals surface area contributed by atoms with Crippen molar-refractivity contribution < 1.29 is 4.74 Å². The van der Waals surface area contributed by atoms with Gasteiger partial charge in [-0.05, 0) is 31.5 Å². The number of rotatable bonds is 6. The van der Waals surface area contributed by atoms with E-state index in [4.69, 9.17) is 4.74 Å². The lowest BCUT2D eigenvalue weighted by Gasteiger charge is -2.15. The number of hydrogen-bond acceptors (Lipinski definition) is 4. The fraction of sp³-hybridized carbons (Fsp3) is 0.429. The number of aromatic nitrogens is 3. The van der Waals surface area contributed by atoms with E-state index in [1.165, 1.54) is 5.56 Å². The molecule has 0 saturated heterocycles. The van der Waals surface area contributed by atoms with Gasteiger partial charge in [0.25, 0.3) is 0 Å². The fourth-order valence-corrected chi connectivity index (χ4v) is 1.96. The van der Waals surface area contributed by atoms with Gasteiger partial charge in [0.15, 0.2) is 0 Å². The molecule has 2 aromatic rings. The highest BCUT2D eigenvalue weighted by Crippen LogP contribution is 2.18. The summed E-state index contributed by atoms with van der Waals surface area (Å²) >= 11 is 0. The Morgan fingerprint density at radius 2 is 2.26 bits per heavy atom. The molecule has 0 aliphatic heterocycles. The second-order valence-electron chi connectivity index (χ2n) is 4.37. The number of aryl methyl sites for hydroxylation is 1. The average molecular weight is 260 g/mol. The van der Waals surface area contributed by atoms with Crippen LogP contribution in [0.15, 0.2) is 30.6 Å². The Morgan fingerprint density at radius 1 is 1.42 bits per heavy atom. The maximum atomic E-state index is 5.24. The van der Waals surface area contributed by atoms with Crippen molar-refractivity contribution in [1.29, 1.82) is 0 Å². The number of nitrogens with one attached hydrogen (secondary N) is 1. The van der Waals surface area contributed by atoms with E-state index in [1.54, 1.807) is 13.4 Å². The number of ether oxygens (including phenoxy) is 1. The van der Waals surface area contributed by atoms with Gasteiger partial charge in [-0.15, -0.1) is 0 Å². The zero-order valence-corrected chi connectivity index (χ0v) is 11.6. The van der Waals surface area contributed by atoms with Crippen molar-refractivity contribution >= 4 is 0 Å². The molecule has 0 bridgehead atoms. The van der Waals surface area contributed by atoms with E-state index in [-0.39, 0.29) is 6.04 Å². The van der Waals surface area contributed by atoms with Crippen molar-refractivity contribution in [2.24, 2.45) is 0 Å². The van der Waals surface area contributed by atoms with Crippen LogP contribution in [0.4, 0.5) is 0 Å². The number of hydrogen-bond donors (Lipinski definition) is 1. The lowest BCUT2D eigenvalue weighted by molar-refractivity contribution is 0.413. The first-order valence-electron chi connectivity index (χ1n) is 6.48. The van der Waals surface area contributed by atoms with Crippen molar-refractivity contribution in [2.75, 3.05) is 7.11 Å². The molecule has 0 fully saturated rings. The molecule has 0 amide bonds. The molecule has 0 aliphatic carbocycles. The van der Waals surface area contributed by atoms with Gasteiger partial charge in [0.2, 0.25) is 0 Å². The molecular weight excluding hydrogens is 240 g/mol. The number of benzene rings is 1. The van der Waals surface area contributed by atoms with Crippen molar-refractivity contribution in [3.8, 4) is 5.75 Å². The highest BCUT2D eigenvalue weighted by atomic mass is 16.5. The quantitative estimate of drug-likeness (QED) is 0.864.